The predicted molar refractivity (Wildman–Crippen MR) is 69.4 cm³/mol. The van der Waals surface area contributed by atoms with Crippen LogP contribution in [0.2, 0.25) is 0 Å². The molecule has 96 valence electrons. The van der Waals surface area contributed by atoms with E-state index in [-0.39, 0.29) is 12.5 Å². The van der Waals surface area contributed by atoms with Crippen molar-refractivity contribution in [2.45, 2.75) is 6.42 Å². The highest BCUT2D eigenvalue weighted by molar-refractivity contribution is 5.92. The zero-order valence-corrected chi connectivity index (χ0v) is 10.6. The maximum atomic E-state index is 11.7. The fraction of sp³-hybridized carbons (Fsp3) is 0.385. The maximum absolute atomic E-state index is 11.7. The van der Waals surface area contributed by atoms with Gasteiger partial charge in [-0.3, -0.25) is 9.69 Å². The van der Waals surface area contributed by atoms with Crippen molar-refractivity contribution < 1.29 is 9.53 Å². The summed E-state index contributed by atoms with van der Waals surface area (Å²) in [6.45, 7) is 0.848. The molecule has 0 saturated carbocycles. The zero-order valence-electron chi connectivity index (χ0n) is 10.6. The van der Waals surface area contributed by atoms with E-state index in [1.807, 2.05) is 25.2 Å². The minimum absolute atomic E-state index is 0.108. The molecule has 0 bridgehead atoms. The lowest BCUT2D eigenvalue weighted by molar-refractivity contribution is -0.117. The van der Waals surface area contributed by atoms with Crippen molar-refractivity contribution in [1.82, 2.24) is 4.90 Å². The molecule has 1 aromatic carbocycles. The molecule has 0 atom stereocenters. The van der Waals surface area contributed by atoms with Crippen LogP contribution >= 0.6 is 0 Å². The van der Waals surface area contributed by atoms with Gasteiger partial charge in [0.2, 0.25) is 5.91 Å². The lowest BCUT2D eigenvalue weighted by Gasteiger charge is -2.14. The van der Waals surface area contributed by atoms with E-state index in [1.165, 1.54) is 0 Å². The van der Waals surface area contributed by atoms with Gasteiger partial charge < -0.3 is 10.1 Å². The molecule has 5 nitrogen and oxygen atoms in total. The molecule has 0 aromatic heterocycles. The van der Waals surface area contributed by atoms with E-state index < -0.39 is 0 Å². The average Bonchev–Trinajstić information content (AvgIpc) is 2.36. The third-order valence-electron chi connectivity index (χ3n) is 2.37. The summed E-state index contributed by atoms with van der Waals surface area (Å²) in [6.07, 6.45) is 0.420. The molecule has 18 heavy (non-hydrogen) atoms. The number of methoxy groups -OCH3 is 1. The summed E-state index contributed by atoms with van der Waals surface area (Å²) >= 11 is 0. The molecule has 0 aliphatic rings. The van der Waals surface area contributed by atoms with Gasteiger partial charge in [0.25, 0.3) is 0 Å². The molecule has 0 unspecified atom stereocenters. The third kappa shape index (κ3) is 4.85. The predicted octanol–water partition coefficient (Wildman–Crippen LogP) is 1.48. The first-order chi connectivity index (χ1) is 8.65. The Hall–Kier alpha value is -2.06. The van der Waals surface area contributed by atoms with Crippen molar-refractivity contribution in [3.05, 3.63) is 24.3 Å². The van der Waals surface area contributed by atoms with E-state index in [1.54, 1.807) is 24.1 Å². The van der Waals surface area contributed by atoms with Gasteiger partial charge in [-0.15, -0.1) is 0 Å². The SMILES string of the molecule is COc1cccc(NC(=O)CN(C)CCC#N)c1. The fourth-order valence-electron chi connectivity index (χ4n) is 1.47. The Morgan fingerprint density at radius 3 is 3.00 bits per heavy atom. The lowest BCUT2D eigenvalue weighted by Crippen LogP contribution is -2.30. The summed E-state index contributed by atoms with van der Waals surface area (Å²) in [5.41, 5.74) is 0.702. The number of nitriles is 1. The summed E-state index contributed by atoms with van der Waals surface area (Å²) in [4.78, 5) is 13.5. The number of benzene rings is 1. The van der Waals surface area contributed by atoms with Gasteiger partial charge in [-0.25, -0.2) is 0 Å². The van der Waals surface area contributed by atoms with Gasteiger partial charge in [0.15, 0.2) is 0 Å². The molecule has 1 amide bonds. The van der Waals surface area contributed by atoms with Gasteiger partial charge >= 0.3 is 0 Å². The number of hydrogen-bond donors (Lipinski definition) is 1. The highest BCUT2D eigenvalue weighted by Gasteiger charge is 2.06. The van der Waals surface area contributed by atoms with Crippen LogP contribution in [0.4, 0.5) is 5.69 Å². The van der Waals surface area contributed by atoms with Gasteiger partial charge in [-0.1, -0.05) is 6.07 Å². The van der Waals surface area contributed by atoms with Gasteiger partial charge in [-0.05, 0) is 19.2 Å². The molecule has 1 rings (SSSR count). The van der Waals surface area contributed by atoms with E-state index in [0.29, 0.717) is 24.4 Å². The van der Waals surface area contributed by atoms with Crippen molar-refractivity contribution in [3.8, 4) is 11.8 Å². The molecule has 0 spiro atoms. The minimum Gasteiger partial charge on any atom is -0.497 e. The molecule has 0 heterocycles. The van der Waals surface area contributed by atoms with Crippen molar-refractivity contribution in [3.63, 3.8) is 0 Å². The zero-order chi connectivity index (χ0) is 13.4. The molecule has 0 aliphatic carbocycles. The molecule has 5 heteroatoms. The first-order valence-electron chi connectivity index (χ1n) is 5.65. The van der Waals surface area contributed by atoms with Crippen LogP contribution in [0.25, 0.3) is 0 Å². The van der Waals surface area contributed by atoms with E-state index in [0.717, 1.165) is 0 Å². The standard InChI is InChI=1S/C13H17N3O2/c1-16(8-4-7-14)10-13(17)15-11-5-3-6-12(9-11)18-2/h3,5-6,9H,4,8,10H2,1-2H3,(H,15,17). The average molecular weight is 247 g/mol. The Morgan fingerprint density at radius 2 is 2.33 bits per heavy atom. The number of nitrogens with one attached hydrogen (secondary N) is 1. The first kappa shape index (κ1) is 14.0. The van der Waals surface area contributed by atoms with Crippen molar-refractivity contribution in [2.24, 2.45) is 0 Å². The molecular formula is C13H17N3O2. The maximum Gasteiger partial charge on any atom is 0.238 e. The Bertz CT molecular complexity index is 440. The molecule has 1 aromatic rings. The van der Waals surface area contributed by atoms with Crippen LogP contribution < -0.4 is 10.1 Å². The van der Waals surface area contributed by atoms with E-state index in [2.05, 4.69) is 5.32 Å². The van der Waals surface area contributed by atoms with E-state index >= 15 is 0 Å². The molecular weight excluding hydrogens is 230 g/mol. The summed E-state index contributed by atoms with van der Waals surface area (Å²) in [7, 11) is 3.39. The highest BCUT2D eigenvalue weighted by atomic mass is 16.5. The Labute approximate surface area is 107 Å². The lowest BCUT2D eigenvalue weighted by atomic mass is 10.3. The number of anilines is 1. The van der Waals surface area contributed by atoms with Crippen LogP contribution in [-0.4, -0.2) is 38.1 Å². The monoisotopic (exact) mass is 247 g/mol. The molecule has 0 aliphatic heterocycles. The van der Waals surface area contributed by atoms with Gasteiger partial charge in [-0.2, -0.15) is 5.26 Å². The van der Waals surface area contributed by atoms with Crippen LogP contribution in [0.15, 0.2) is 24.3 Å². The normalized spacial score (nSPS) is 9.89. The highest BCUT2D eigenvalue weighted by Crippen LogP contribution is 2.16. The van der Waals surface area contributed by atoms with E-state index in [9.17, 15) is 4.79 Å². The van der Waals surface area contributed by atoms with Gasteiger partial charge in [0, 0.05) is 24.7 Å². The van der Waals surface area contributed by atoms with Crippen LogP contribution in [-0.2, 0) is 4.79 Å². The van der Waals surface area contributed by atoms with Crippen LogP contribution in [0.5, 0.6) is 5.75 Å². The quantitative estimate of drug-likeness (QED) is 0.827. The number of carbonyl (C=O) groups excluding carboxylic acids is 1. The summed E-state index contributed by atoms with van der Waals surface area (Å²) in [5.74, 6) is 0.592. The Balaban J connectivity index is 2.46. The second-order valence-corrected chi connectivity index (χ2v) is 3.93. The minimum atomic E-state index is -0.108. The summed E-state index contributed by atoms with van der Waals surface area (Å²) in [5, 5.41) is 11.2. The molecule has 0 radical (unpaired) electrons. The van der Waals surface area contributed by atoms with Crippen LogP contribution in [0, 0.1) is 11.3 Å². The van der Waals surface area contributed by atoms with Crippen LogP contribution in [0.3, 0.4) is 0 Å². The molecule has 1 N–H and O–H groups in total. The van der Waals surface area contributed by atoms with Gasteiger partial charge in [0.1, 0.15) is 5.75 Å². The molecule has 0 fully saturated rings. The first-order valence-corrected chi connectivity index (χ1v) is 5.65. The summed E-state index contributed by atoms with van der Waals surface area (Å²) in [6, 6.07) is 9.23. The van der Waals surface area contributed by atoms with Crippen molar-refractivity contribution in [1.29, 1.82) is 5.26 Å². The number of amides is 1. The second kappa shape index (κ2) is 7.30. The second-order valence-electron chi connectivity index (χ2n) is 3.93. The van der Waals surface area contributed by atoms with Gasteiger partial charge in [0.05, 0.1) is 19.7 Å². The summed E-state index contributed by atoms with van der Waals surface area (Å²) < 4.78 is 5.07. The van der Waals surface area contributed by atoms with Crippen molar-refractivity contribution in [2.75, 3.05) is 32.6 Å². The number of rotatable bonds is 6. The van der Waals surface area contributed by atoms with Crippen LogP contribution in [0.1, 0.15) is 6.42 Å². The fourth-order valence-corrected chi connectivity index (χ4v) is 1.47. The smallest absolute Gasteiger partial charge is 0.238 e. The Kier molecular flexibility index (Phi) is 5.68. The van der Waals surface area contributed by atoms with Crippen molar-refractivity contribution >= 4 is 11.6 Å². The number of likely N-dealkylation sites (N-methyl/N-ethyl adjacent to an activating group) is 1. The molecule has 0 saturated heterocycles. The third-order valence-corrected chi connectivity index (χ3v) is 2.37. The largest absolute Gasteiger partial charge is 0.497 e. The van der Waals surface area contributed by atoms with E-state index in [4.69, 9.17) is 10.00 Å². The number of carbonyl (C=O) groups is 1. The Morgan fingerprint density at radius 1 is 1.56 bits per heavy atom. The number of hydrogen-bond acceptors (Lipinski definition) is 4. The number of nitrogens with zero attached hydrogens (tertiary/aromatic N) is 2. The topological polar surface area (TPSA) is 65.4 Å². The number of ether oxygens (including phenoxy) is 1.